The molecule has 0 fully saturated rings. The largest absolute Gasteiger partial charge is 0.310 e. The average Bonchev–Trinajstić information content (AvgIpc) is 3.93. The van der Waals surface area contributed by atoms with Crippen molar-refractivity contribution in [3.8, 4) is 44.5 Å². The molecular formula is C74H53N. The Kier molecular flexibility index (Phi) is 8.63. The highest BCUT2D eigenvalue weighted by molar-refractivity contribution is 6.09. The fourth-order valence-corrected chi connectivity index (χ4v) is 14.7. The van der Waals surface area contributed by atoms with Crippen LogP contribution < -0.4 is 4.90 Å². The average molecular weight is 956 g/mol. The lowest BCUT2D eigenvalue weighted by Gasteiger charge is -2.48. The van der Waals surface area contributed by atoms with E-state index in [1.807, 2.05) is 0 Å². The topological polar surface area (TPSA) is 3.24 Å². The van der Waals surface area contributed by atoms with Crippen molar-refractivity contribution in [2.75, 3.05) is 4.90 Å². The van der Waals surface area contributed by atoms with Gasteiger partial charge in [0.15, 0.2) is 0 Å². The van der Waals surface area contributed by atoms with Crippen molar-refractivity contribution in [2.24, 2.45) is 0 Å². The third kappa shape index (κ3) is 5.73. The van der Waals surface area contributed by atoms with Gasteiger partial charge >= 0.3 is 0 Å². The summed E-state index contributed by atoms with van der Waals surface area (Å²) in [6, 6.07) is 90.6. The van der Waals surface area contributed by atoms with Gasteiger partial charge < -0.3 is 4.90 Å². The van der Waals surface area contributed by atoms with Crippen molar-refractivity contribution in [1.82, 2.24) is 0 Å². The molecule has 0 radical (unpaired) electrons. The Morgan fingerprint density at radius 2 is 0.680 bits per heavy atom. The van der Waals surface area contributed by atoms with Crippen molar-refractivity contribution >= 4 is 49.4 Å². The van der Waals surface area contributed by atoms with E-state index in [4.69, 9.17) is 0 Å². The van der Waals surface area contributed by atoms with Crippen LogP contribution in [-0.2, 0) is 22.7 Å². The third-order valence-electron chi connectivity index (χ3n) is 18.3. The van der Waals surface area contributed by atoms with Crippen LogP contribution in [0.15, 0.2) is 237 Å². The Morgan fingerprint density at radius 3 is 1.17 bits per heavy atom. The highest BCUT2D eigenvalue weighted by atomic mass is 15.1. The summed E-state index contributed by atoms with van der Waals surface area (Å²) in [7, 11) is 0. The van der Waals surface area contributed by atoms with E-state index in [9.17, 15) is 0 Å². The van der Waals surface area contributed by atoms with Crippen LogP contribution in [-0.4, -0.2) is 0 Å². The van der Waals surface area contributed by atoms with Crippen LogP contribution in [0.3, 0.4) is 0 Å². The van der Waals surface area contributed by atoms with Crippen LogP contribution in [0.2, 0.25) is 0 Å². The SMILES string of the molecule is CC1(C)c2ccccc2-c2ccc(-c3ccc(N(c4ccc(-c5ccc6c(c5)C(C)(C)c5ccccc5-6)cc4)c4cc5c6c(cccc6c4)C54c5cccc6cccc(c56)Cc5cccc6cccc4c56)cc3)cc21. The molecule has 0 atom stereocenters. The highest BCUT2D eigenvalue weighted by Crippen LogP contribution is 2.62. The Labute approximate surface area is 439 Å². The van der Waals surface area contributed by atoms with Crippen molar-refractivity contribution < 1.29 is 0 Å². The van der Waals surface area contributed by atoms with Gasteiger partial charge in [-0.25, -0.2) is 0 Å². The molecule has 1 heteroatoms. The van der Waals surface area contributed by atoms with Gasteiger partial charge in [0.2, 0.25) is 0 Å². The standard InChI is InChI=1S/C74H53N/c1-72(2)61-23-7-5-21-57(61)59-38-32-49(42-66(59)72)45-28-34-54(35-29-45)75(55-36-30-46(31-37-55)50-33-39-60-58-22-6-8-24-62(58)73(3,4)67(60)43-50)56-41-53-20-13-27-65-71(53)68(44-56)74(65)63-25-11-16-47-14-9-18-51(69(47)63)40-52-19-10-15-48-17-12-26-64(74)70(48)52/h5-39,41-44H,40H2,1-4H3. The summed E-state index contributed by atoms with van der Waals surface area (Å²) < 4.78 is 0. The number of rotatable bonds is 5. The van der Waals surface area contributed by atoms with Crippen LogP contribution in [0.4, 0.5) is 17.1 Å². The molecule has 12 aromatic carbocycles. The van der Waals surface area contributed by atoms with Gasteiger partial charge in [0.25, 0.3) is 0 Å². The summed E-state index contributed by atoms with van der Waals surface area (Å²) in [5.74, 6) is 0. The first-order valence-electron chi connectivity index (χ1n) is 26.8. The monoisotopic (exact) mass is 955 g/mol. The second kappa shape index (κ2) is 15.2. The first kappa shape index (κ1) is 42.7. The zero-order valence-corrected chi connectivity index (χ0v) is 42.7. The number of hydrogen-bond acceptors (Lipinski definition) is 1. The molecule has 0 N–H and O–H groups in total. The summed E-state index contributed by atoms with van der Waals surface area (Å²) in [6.45, 7) is 9.47. The molecule has 0 unspecified atom stereocenters. The maximum absolute atomic E-state index is 2.54. The third-order valence-corrected chi connectivity index (χ3v) is 18.3. The van der Waals surface area contributed by atoms with Gasteiger partial charge in [-0.15, -0.1) is 0 Å². The minimum Gasteiger partial charge on any atom is -0.310 e. The van der Waals surface area contributed by atoms with Gasteiger partial charge in [0.05, 0.1) is 5.41 Å². The lowest BCUT2D eigenvalue weighted by Crippen LogP contribution is -2.39. The molecule has 0 saturated heterocycles. The summed E-state index contributed by atoms with van der Waals surface area (Å²) in [5, 5.41) is 7.96. The molecule has 0 saturated carbocycles. The molecule has 1 nitrogen and oxygen atoms in total. The van der Waals surface area contributed by atoms with E-state index in [0.29, 0.717) is 0 Å². The van der Waals surface area contributed by atoms with E-state index < -0.39 is 5.41 Å². The van der Waals surface area contributed by atoms with Crippen LogP contribution in [0, 0.1) is 0 Å². The smallest absolute Gasteiger partial charge is 0.0726 e. The van der Waals surface area contributed by atoms with Crippen molar-refractivity contribution in [3.05, 3.63) is 292 Å². The quantitative estimate of drug-likeness (QED) is 0.166. The molecule has 4 aliphatic rings. The van der Waals surface area contributed by atoms with E-state index >= 15 is 0 Å². The second-order valence-corrected chi connectivity index (χ2v) is 22.8. The van der Waals surface area contributed by atoms with E-state index in [1.54, 1.807) is 0 Å². The summed E-state index contributed by atoms with van der Waals surface area (Å²) >= 11 is 0. The fraction of sp³-hybridized carbons (Fsp3) is 0.108. The maximum Gasteiger partial charge on any atom is 0.0726 e. The molecule has 354 valence electrons. The molecule has 75 heavy (non-hydrogen) atoms. The normalized spacial score (nSPS) is 15.2. The zero-order chi connectivity index (χ0) is 50.0. The molecule has 16 rings (SSSR count). The molecule has 12 aromatic rings. The number of anilines is 3. The van der Waals surface area contributed by atoms with Gasteiger partial charge in [-0.1, -0.05) is 216 Å². The molecule has 4 aliphatic carbocycles. The Morgan fingerprint density at radius 1 is 0.280 bits per heavy atom. The lowest BCUT2D eigenvalue weighted by molar-refractivity contribution is 0.660. The van der Waals surface area contributed by atoms with Gasteiger partial charge in [-0.2, -0.15) is 0 Å². The zero-order valence-electron chi connectivity index (χ0n) is 42.7. The van der Waals surface area contributed by atoms with Crippen molar-refractivity contribution in [3.63, 3.8) is 0 Å². The predicted octanol–water partition coefficient (Wildman–Crippen LogP) is 19.2. The number of fused-ring (bicyclic) bond motifs is 10. The summed E-state index contributed by atoms with van der Waals surface area (Å²) in [6.07, 6.45) is 0.892. The highest BCUT2D eigenvalue weighted by Gasteiger charge is 2.50. The predicted molar refractivity (Wildman–Crippen MR) is 314 cm³/mol. The van der Waals surface area contributed by atoms with Crippen molar-refractivity contribution in [1.29, 1.82) is 0 Å². The number of hydrogen-bond donors (Lipinski definition) is 0. The minimum atomic E-state index is -0.502. The first-order chi connectivity index (χ1) is 36.7. The molecule has 0 aromatic heterocycles. The van der Waals surface area contributed by atoms with E-state index in [1.165, 1.54) is 132 Å². The molecular weight excluding hydrogens is 903 g/mol. The molecule has 0 amide bonds. The first-order valence-corrected chi connectivity index (χ1v) is 26.8. The van der Waals surface area contributed by atoms with Gasteiger partial charge in [-0.05, 0) is 187 Å². The minimum absolute atomic E-state index is 0.0699. The van der Waals surface area contributed by atoms with Crippen LogP contribution in [0.25, 0.3) is 76.8 Å². The number of benzene rings is 12. The lowest BCUT2D eigenvalue weighted by atomic mass is 9.54. The van der Waals surface area contributed by atoms with E-state index in [0.717, 1.165) is 23.5 Å². The molecule has 0 aliphatic heterocycles. The maximum atomic E-state index is 2.54. The molecule has 0 bridgehead atoms. The van der Waals surface area contributed by atoms with Gasteiger partial charge in [0.1, 0.15) is 0 Å². The number of nitrogens with zero attached hydrogens (tertiary/aromatic N) is 1. The van der Waals surface area contributed by atoms with Gasteiger partial charge in [-0.3, -0.25) is 0 Å². The second-order valence-electron chi connectivity index (χ2n) is 22.8. The Hall–Kier alpha value is -8.78. The summed E-state index contributed by atoms with van der Waals surface area (Å²) in [4.78, 5) is 2.50. The van der Waals surface area contributed by atoms with E-state index in [-0.39, 0.29) is 10.8 Å². The van der Waals surface area contributed by atoms with Crippen LogP contribution in [0.5, 0.6) is 0 Å². The Bertz CT molecular complexity index is 4190. The van der Waals surface area contributed by atoms with Crippen LogP contribution >= 0.6 is 0 Å². The van der Waals surface area contributed by atoms with Crippen molar-refractivity contribution in [2.45, 2.75) is 50.4 Å². The molecule has 0 heterocycles. The van der Waals surface area contributed by atoms with Gasteiger partial charge in [0, 0.05) is 27.9 Å². The fourth-order valence-electron chi connectivity index (χ4n) is 14.7. The molecule has 1 spiro atoms. The van der Waals surface area contributed by atoms with E-state index in [2.05, 4.69) is 269 Å². The Balaban J connectivity index is 0.883. The summed E-state index contributed by atoms with van der Waals surface area (Å²) in [5.41, 5.74) is 26.9. The van der Waals surface area contributed by atoms with Crippen LogP contribution in [0.1, 0.15) is 83.3 Å².